The van der Waals surface area contributed by atoms with Gasteiger partial charge < -0.3 is 16.2 Å². The summed E-state index contributed by atoms with van der Waals surface area (Å²) < 4.78 is 43.6. The highest BCUT2D eigenvalue weighted by Crippen LogP contribution is 2.23. The predicted octanol–water partition coefficient (Wildman–Crippen LogP) is 0.729. The Morgan fingerprint density at radius 2 is 2.00 bits per heavy atom. The summed E-state index contributed by atoms with van der Waals surface area (Å²) in [7, 11) is 1.09. The van der Waals surface area contributed by atoms with Crippen molar-refractivity contribution in [2.75, 3.05) is 12.8 Å². The largest absolute Gasteiger partial charge is 0.468 e. The van der Waals surface area contributed by atoms with Crippen molar-refractivity contribution in [2.24, 2.45) is 5.73 Å². The quantitative estimate of drug-likeness (QED) is 0.469. The molecule has 0 spiro atoms. The number of halogens is 3. The summed E-state index contributed by atoms with van der Waals surface area (Å²) in [5.74, 6) is -4.63. The van der Waals surface area contributed by atoms with Gasteiger partial charge in [-0.15, -0.1) is 0 Å². The Labute approximate surface area is 95.3 Å². The highest BCUT2D eigenvalue weighted by atomic mass is 19.2. The van der Waals surface area contributed by atoms with Gasteiger partial charge in [0.15, 0.2) is 11.6 Å². The molecule has 1 aromatic rings. The van der Waals surface area contributed by atoms with Gasteiger partial charge in [0.25, 0.3) is 0 Å². The van der Waals surface area contributed by atoms with Gasteiger partial charge in [0.05, 0.1) is 12.8 Å². The summed E-state index contributed by atoms with van der Waals surface area (Å²) in [5, 5.41) is 0. The first-order chi connectivity index (χ1) is 7.88. The van der Waals surface area contributed by atoms with Crippen LogP contribution in [0.15, 0.2) is 6.07 Å². The number of ether oxygens (including phenoxy) is 1. The molecule has 4 nitrogen and oxygen atoms in total. The zero-order chi connectivity index (χ0) is 13.2. The van der Waals surface area contributed by atoms with Gasteiger partial charge in [-0.2, -0.15) is 0 Å². The molecular formula is C10H11F3N2O2. The minimum absolute atomic E-state index is 0.331. The summed E-state index contributed by atoms with van der Waals surface area (Å²) in [6.45, 7) is 0. The Balaban J connectivity index is 3.10. The molecule has 0 aliphatic heterocycles. The minimum atomic E-state index is -1.39. The molecule has 0 saturated heterocycles. The van der Waals surface area contributed by atoms with E-state index < -0.39 is 47.1 Å². The second-order valence-electron chi connectivity index (χ2n) is 3.38. The molecule has 0 aromatic heterocycles. The normalized spacial score (nSPS) is 12.3. The second-order valence-corrected chi connectivity index (χ2v) is 3.38. The van der Waals surface area contributed by atoms with E-state index in [1.165, 1.54) is 0 Å². The molecule has 0 aliphatic carbocycles. The van der Waals surface area contributed by atoms with Gasteiger partial charge in [-0.05, 0) is 0 Å². The van der Waals surface area contributed by atoms with Crippen molar-refractivity contribution in [1.82, 2.24) is 0 Å². The Morgan fingerprint density at radius 3 is 2.53 bits per heavy atom. The smallest absolute Gasteiger partial charge is 0.322 e. The van der Waals surface area contributed by atoms with E-state index in [9.17, 15) is 18.0 Å². The summed E-state index contributed by atoms with van der Waals surface area (Å²) in [5.41, 5.74) is 9.57. The first-order valence-corrected chi connectivity index (χ1v) is 4.63. The molecule has 0 heterocycles. The van der Waals surface area contributed by atoms with Crippen LogP contribution < -0.4 is 11.5 Å². The molecule has 0 bridgehead atoms. The van der Waals surface area contributed by atoms with E-state index >= 15 is 0 Å². The summed E-state index contributed by atoms with van der Waals surface area (Å²) in [6, 6.07) is -0.907. The van der Waals surface area contributed by atoms with Crippen molar-refractivity contribution in [2.45, 2.75) is 12.5 Å². The maximum absolute atomic E-state index is 13.3. The monoisotopic (exact) mass is 248 g/mol. The van der Waals surface area contributed by atoms with Crippen molar-refractivity contribution in [3.05, 3.63) is 29.1 Å². The molecule has 0 unspecified atom stereocenters. The molecule has 0 aliphatic rings. The molecule has 1 atom stereocenters. The highest BCUT2D eigenvalue weighted by molar-refractivity contribution is 5.76. The number of carbonyl (C=O) groups is 1. The van der Waals surface area contributed by atoms with Gasteiger partial charge >= 0.3 is 5.97 Å². The van der Waals surface area contributed by atoms with E-state index in [2.05, 4.69) is 4.74 Å². The van der Waals surface area contributed by atoms with Gasteiger partial charge in [0.2, 0.25) is 0 Å². The van der Waals surface area contributed by atoms with Crippen LogP contribution in [0.3, 0.4) is 0 Å². The lowest BCUT2D eigenvalue weighted by Gasteiger charge is -2.12. The zero-order valence-electron chi connectivity index (χ0n) is 8.97. The number of nitrogen functional groups attached to an aromatic ring is 1. The van der Waals surface area contributed by atoms with E-state index in [4.69, 9.17) is 11.5 Å². The Bertz CT molecular complexity index is 425. The number of methoxy groups -OCH3 is 1. The fourth-order valence-corrected chi connectivity index (χ4v) is 1.31. The van der Waals surface area contributed by atoms with Crippen molar-refractivity contribution >= 4 is 11.7 Å². The zero-order valence-corrected chi connectivity index (χ0v) is 8.97. The number of carbonyl (C=O) groups excluding carboxylic acids is 1. The maximum atomic E-state index is 13.3. The number of benzene rings is 1. The Hall–Kier alpha value is -1.76. The van der Waals surface area contributed by atoms with Crippen molar-refractivity contribution in [1.29, 1.82) is 0 Å². The minimum Gasteiger partial charge on any atom is -0.468 e. The third kappa shape index (κ3) is 2.68. The van der Waals surface area contributed by atoms with E-state index in [0.29, 0.717) is 6.07 Å². The lowest BCUT2D eigenvalue weighted by atomic mass is 10.0. The first-order valence-electron chi connectivity index (χ1n) is 4.63. The van der Waals surface area contributed by atoms with Crippen LogP contribution in [0.4, 0.5) is 18.9 Å². The van der Waals surface area contributed by atoms with Gasteiger partial charge in [-0.1, -0.05) is 0 Å². The summed E-state index contributed by atoms with van der Waals surface area (Å²) in [6.07, 6.45) is -0.445. The fourth-order valence-electron chi connectivity index (χ4n) is 1.31. The molecule has 7 heteroatoms. The molecule has 0 radical (unpaired) electrons. The Morgan fingerprint density at radius 1 is 1.41 bits per heavy atom. The van der Waals surface area contributed by atoms with Crippen LogP contribution >= 0.6 is 0 Å². The third-order valence-corrected chi connectivity index (χ3v) is 2.24. The van der Waals surface area contributed by atoms with Crippen LogP contribution in [0, 0.1) is 17.5 Å². The lowest BCUT2D eigenvalue weighted by molar-refractivity contribution is -0.142. The highest BCUT2D eigenvalue weighted by Gasteiger charge is 2.22. The first kappa shape index (κ1) is 13.3. The Kier molecular flexibility index (Phi) is 3.95. The van der Waals surface area contributed by atoms with Crippen LogP contribution in [-0.2, 0) is 16.0 Å². The number of hydrogen-bond acceptors (Lipinski definition) is 4. The molecular weight excluding hydrogens is 237 g/mol. The maximum Gasteiger partial charge on any atom is 0.322 e. The molecule has 17 heavy (non-hydrogen) atoms. The van der Waals surface area contributed by atoms with Crippen LogP contribution in [0.25, 0.3) is 0 Å². The number of hydrogen-bond donors (Lipinski definition) is 2. The van der Waals surface area contributed by atoms with Crippen LogP contribution in [0.5, 0.6) is 0 Å². The molecule has 0 amide bonds. The predicted molar refractivity (Wildman–Crippen MR) is 54.4 cm³/mol. The molecule has 94 valence electrons. The van der Waals surface area contributed by atoms with Gasteiger partial charge in [-0.3, -0.25) is 4.79 Å². The van der Waals surface area contributed by atoms with E-state index in [-0.39, 0.29) is 0 Å². The SMILES string of the molecule is COC(=O)[C@H](N)Cc1c(N)c(F)cc(F)c1F. The number of anilines is 1. The van der Waals surface area contributed by atoms with Gasteiger partial charge in [0, 0.05) is 18.1 Å². The van der Waals surface area contributed by atoms with Gasteiger partial charge in [-0.25, -0.2) is 13.2 Å². The number of nitrogens with two attached hydrogens (primary N) is 2. The molecule has 0 saturated carbocycles. The number of rotatable bonds is 3. The van der Waals surface area contributed by atoms with Crippen molar-refractivity contribution in [3.63, 3.8) is 0 Å². The van der Waals surface area contributed by atoms with Crippen LogP contribution in [-0.4, -0.2) is 19.1 Å². The van der Waals surface area contributed by atoms with Gasteiger partial charge in [0.1, 0.15) is 11.9 Å². The van der Waals surface area contributed by atoms with E-state index in [0.717, 1.165) is 7.11 Å². The van der Waals surface area contributed by atoms with Crippen molar-refractivity contribution in [3.8, 4) is 0 Å². The topological polar surface area (TPSA) is 78.3 Å². The molecule has 0 fully saturated rings. The van der Waals surface area contributed by atoms with Crippen LogP contribution in [0.2, 0.25) is 0 Å². The summed E-state index contributed by atoms with van der Waals surface area (Å²) in [4.78, 5) is 11.0. The molecule has 1 rings (SSSR count). The lowest BCUT2D eigenvalue weighted by Crippen LogP contribution is -2.34. The third-order valence-electron chi connectivity index (χ3n) is 2.24. The van der Waals surface area contributed by atoms with E-state index in [1.54, 1.807) is 0 Å². The average molecular weight is 248 g/mol. The average Bonchev–Trinajstić information content (AvgIpc) is 2.30. The number of esters is 1. The second kappa shape index (κ2) is 5.05. The standard InChI is InChI=1S/C10H11F3N2O2/c1-17-10(16)7(14)2-4-8(13)5(11)3-6(12)9(4)15/h3,7H,2,14-15H2,1H3/t7-/m1/s1. The van der Waals surface area contributed by atoms with Crippen molar-refractivity contribution < 1.29 is 22.7 Å². The molecule has 4 N–H and O–H groups in total. The molecule has 1 aromatic carbocycles. The summed E-state index contributed by atoms with van der Waals surface area (Å²) >= 11 is 0. The van der Waals surface area contributed by atoms with Crippen LogP contribution in [0.1, 0.15) is 5.56 Å². The fraction of sp³-hybridized carbons (Fsp3) is 0.300. The van der Waals surface area contributed by atoms with E-state index in [1.807, 2.05) is 0 Å².